The van der Waals surface area contributed by atoms with Gasteiger partial charge in [0.2, 0.25) is 0 Å². The van der Waals surface area contributed by atoms with Gasteiger partial charge in [-0.05, 0) is 85.8 Å². The molecule has 0 fully saturated rings. The highest BCUT2D eigenvalue weighted by molar-refractivity contribution is 6.30. The van der Waals surface area contributed by atoms with Gasteiger partial charge in [0.25, 0.3) is 5.91 Å². The number of anilines is 3. The molecule has 2 N–H and O–H groups in total. The molecule has 0 aliphatic heterocycles. The standard InChI is InChI=1S/C29H28ClN3O4.ClH/c1-35-26-14-10-20(16-27(26)36-2)32-29-22-5-3-4-6-24(22)33-25-13-9-19(15-23(25)29)31-28(34)17-37-21-11-7-18(30)8-12-21;/h7-16H,3-6,17H2,1-2H3,(H,31,34)(H,32,33);1H. The minimum Gasteiger partial charge on any atom is -0.493 e. The SMILES string of the molecule is COc1ccc(Nc2c3c(nc4ccc(NC(=O)COc5ccc(Cl)cc5)cc24)CCCC3)cc1OC.Cl. The fourth-order valence-electron chi connectivity index (χ4n) is 4.58. The van der Waals surface area contributed by atoms with Crippen LogP contribution in [0, 0.1) is 0 Å². The number of methoxy groups -OCH3 is 2. The molecular formula is C29H29Cl2N3O4. The number of pyridine rings is 1. The van der Waals surface area contributed by atoms with Gasteiger partial charge in [0.15, 0.2) is 18.1 Å². The van der Waals surface area contributed by atoms with E-state index < -0.39 is 0 Å². The summed E-state index contributed by atoms with van der Waals surface area (Å²) in [6, 6.07) is 18.4. The molecule has 0 saturated carbocycles. The lowest BCUT2D eigenvalue weighted by atomic mass is 9.92. The molecule has 0 spiro atoms. The maximum atomic E-state index is 12.6. The van der Waals surface area contributed by atoms with Crippen LogP contribution in [0.15, 0.2) is 60.7 Å². The lowest BCUT2D eigenvalue weighted by molar-refractivity contribution is -0.118. The largest absolute Gasteiger partial charge is 0.493 e. The van der Waals surface area contributed by atoms with Gasteiger partial charge in [-0.25, -0.2) is 0 Å². The number of aryl methyl sites for hydroxylation is 1. The van der Waals surface area contributed by atoms with Crippen LogP contribution < -0.4 is 24.8 Å². The summed E-state index contributed by atoms with van der Waals surface area (Å²) < 4.78 is 16.5. The number of aromatic nitrogens is 1. The molecule has 4 aromatic rings. The first-order chi connectivity index (χ1) is 18.0. The van der Waals surface area contributed by atoms with E-state index in [2.05, 4.69) is 10.6 Å². The van der Waals surface area contributed by atoms with Gasteiger partial charge in [-0.1, -0.05) is 11.6 Å². The van der Waals surface area contributed by atoms with Gasteiger partial charge in [0.05, 0.1) is 25.4 Å². The van der Waals surface area contributed by atoms with Crippen molar-refractivity contribution in [3.05, 3.63) is 76.9 Å². The Morgan fingerprint density at radius 1 is 0.921 bits per heavy atom. The van der Waals surface area contributed by atoms with Crippen LogP contribution >= 0.6 is 24.0 Å². The summed E-state index contributed by atoms with van der Waals surface area (Å²) in [6.45, 7) is -0.112. The number of carbonyl (C=O) groups is 1. The van der Waals surface area contributed by atoms with Crippen LogP contribution in [0.3, 0.4) is 0 Å². The number of hydrogen-bond donors (Lipinski definition) is 2. The Morgan fingerprint density at radius 3 is 2.42 bits per heavy atom. The minimum atomic E-state index is -0.255. The molecule has 1 amide bonds. The van der Waals surface area contributed by atoms with E-state index in [0.717, 1.165) is 53.7 Å². The van der Waals surface area contributed by atoms with Crippen LogP contribution in [0.4, 0.5) is 17.1 Å². The van der Waals surface area contributed by atoms with Gasteiger partial charge in [-0.3, -0.25) is 9.78 Å². The summed E-state index contributed by atoms with van der Waals surface area (Å²) in [6.07, 6.45) is 4.13. The van der Waals surface area contributed by atoms with Crippen molar-refractivity contribution in [3.8, 4) is 17.2 Å². The van der Waals surface area contributed by atoms with E-state index in [4.69, 9.17) is 30.8 Å². The Kier molecular flexibility index (Phi) is 8.81. The van der Waals surface area contributed by atoms with Crippen LogP contribution in [0.2, 0.25) is 5.02 Å². The molecule has 5 rings (SSSR count). The molecule has 1 heterocycles. The van der Waals surface area contributed by atoms with Crippen molar-refractivity contribution in [2.75, 3.05) is 31.5 Å². The monoisotopic (exact) mass is 553 g/mol. The quantitative estimate of drug-likeness (QED) is 0.245. The number of fused-ring (bicyclic) bond motifs is 2. The van der Waals surface area contributed by atoms with Gasteiger partial charge < -0.3 is 24.8 Å². The highest BCUT2D eigenvalue weighted by Gasteiger charge is 2.19. The second kappa shape index (κ2) is 12.2. The first-order valence-electron chi connectivity index (χ1n) is 12.2. The zero-order chi connectivity index (χ0) is 25.8. The number of nitrogens with one attached hydrogen (secondary N) is 2. The number of ether oxygens (including phenoxy) is 3. The molecule has 1 aliphatic rings. The van der Waals surface area contributed by atoms with E-state index in [0.29, 0.717) is 28.0 Å². The van der Waals surface area contributed by atoms with Crippen molar-refractivity contribution in [1.82, 2.24) is 4.98 Å². The fraction of sp³-hybridized carbons (Fsp3) is 0.241. The third kappa shape index (κ3) is 6.06. The second-order valence-corrected chi connectivity index (χ2v) is 9.27. The molecule has 38 heavy (non-hydrogen) atoms. The number of carbonyl (C=O) groups excluding carboxylic acids is 1. The first-order valence-corrected chi connectivity index (χ1v) is 12.5. The van der Waals surface area contributed by atoms with Crippen molar-refractivity contribution in [1.29, 1.82) is 0 Å². The average Bonchev–Trinajstić information content (AvgIpc) is 2.92. The van der Waals surface area contributed by atoms with E-state index >= 15 is 0 Å². The number of amides is 1. The predicted octanol–water partition coefficient (Wildman–Crippen LogP) is 6.97. The lowest BCUT2D eigenvalue weighted by Gasteiger charge is -2.22. The highest BCUT2D eigenvalue weighted by atomic mass is 35.5. The maximum absolute atomic E-state index is 12.6. The maximum Gasteiger partial charge on any atom is 0.262 e. The molecule has 1 aromatic heterocycles. The summed E-state index contributed by atoms with van der Waals surface area (Å²) >= 11 is 5.91. The van der Waals surface area contributed by atoms with Gasteiger partial charge >= 0.3 is 0 Å². The number of benzene rings is 3. The summed E-state index contributed by atoms with van der Waals surface area (Å²) in [5, 5.41) is 8.10. The molecule has 198 valence electrons. The van der Waals surface area contributed by atoms with Crippen LogP contribution in [0.5, 0.6) is 17.2 Å². The topological polar surface area (TPSA) is 81.7 Å². The zero-order valence-corrected chi connectivity index (χ0v) is 22.7. The fourth-order valence-corrected chi connectivity index (χ4v) is 4.71. The number of rotatable bonds is 8. The Balaban J connectivity index is 0.00000336. The normalized spacial score (nSPS) is 12.2. The third-order valence-corrected chi connectivity index (χ3v) is 6.63. The van der Waals surface area contributed by atoms with Gasteiger partial charge in [-0.2, -0.15) is 0 Å². The molecule has 3 aromatic carbocycles. The molecule has 9 heteroatoms. The Bertz CT molecular complexity index is 1440. The van der Waals surface area contributed by atoms with Gasteiger partial charge in [0.1, 0.15) is 5.75 Å². The van der Waals surface area contributed by atoms with Crippen molar-refractivity contribution >= 4 is 57.9 Å². The van der Waals surface area contributed by atoms with Crippen molar-refractivity contribution in [2.45, 2.75) is 25.7 Å². The highest BCUT2D eigenvalue weighted by Crippen LogP contribution is 2.38. The third-order valence-electron chi connectivity index (χ3n) is 6.38. The van der Waals surface area contributed by atoms with Gasteiger partial charge in [0, 0.05) is 33.5 Å². The molecule has 7 nitrogen and oxygen atoms in total. The molecular weight excluding hydrogens is 525 g/mol. The Labute approximate surface area is 232 Å². The van der Waals surface area contributed by atoms with Crippen molar-refractivity contribution in [2.24, 2.45) is 0 Å². The van der Waals surface area contributed by atoms with Gasteiger partial charge in [-0.15, -0.1) is 12.4 Å². The van der Waals surface area contributed by atoms with Crippen LogP contribution in [0.25, 0.3) is 10.9 Å². The summed E-state index contributed by atoms with van der Waals surface area (Å²) in [4.78, 5) is 17.6. The van der Waals surface area contributed by atoms with Crippen LogP contribution in [-0.2, 0) is 17.6 Å². The smallest absolute Gasteiger partial charge is 0.262 e. The molecule has 0 atom stereocenters. The summed E-state index contributed by atoms with van der Waals surface area (Å²) in [7, 11) is 3.24. The summed E-state index contributed by atoms with van der Waals surface area (Å²) in [5.74, 6) is 1.64. The second-order valence-electron chi connectivity index (χ2n) is 8.84. The van der Waals surface area contributed by atoms with Crippen molar-refractivity contribution in [3.63, 3.8) is 0 Å². The van der Waals surface area contributed by atoms with E-state index in [1.807, 2.05) is 36.4 Å². The minimum absolute atomic E-state index is 0. The average molecular weight is 554 g/mol. The Morgan fingerprint density at radius 2 is 1.66 bits per heavy atom. The van der Waals surface area contributed by atoms with E-state index in [9.17, 15) is 4.79 Å². The van der Waals surface area contributed by atoms with Crippen molar-refractivity contribution < 1.29 is 19.0 Å². The van der Waals surface area contributed by atoms with E-state index in [-0.39, 0.29) is 24.9 Å². The van der Waals surface area contributed by atoms with Crippen LogP contribution in [0.1, 0.15) is 24.1 Å². The van der Waals surface area contributed by atoms with E-state index in [1.165, 1.54) is 5.56 Å². The predicted molar refractivity (Wildman–Crippen MR) is 154 cm³/mol. The number of nitrogens with zero attached hydrogens (tertiary/aromatic N) is 1. The molecule has 1 aliphatic carbocycles. The van der Waals surface area contributed by atoms with Crippen LogP contribution in [-0.4, -0.2) is 31.7 Å². The Hall–Kier alpha value is -3.68. The van der Waals surface area contributed by atoms with E-state index in [1.54, 1.807) is 38.5 Å². The molecule has 0 radical (unpaired) electrons. The molecule has 0 unspecified atom stereocenters. The lowest BCUT2D eigenvalue weighted by Crippen LogP contribution is -2.20. The zero-order valence-electron chi connectivity index (χ0n) is 21.2. The first kappa shape index (κ1) is 27.4. The number of halogens is 2. The molecule has 0 saturated heterocycles. The number of hydrogen-bond acceptors (Lipinski definition) is 6. The summed E-state index contributed by atoms with van der Waals surface area (Å²) in [5.41, 5.74) is 5.76. The molecule has 0 bridgehead atoms.